The number of aromatic amines is 1. The van der Waals surface area contributed by atoms with Gasteiger partial charge in [0.05, 0.1) is 6.54 Å². The smallest absolute Gasteiger partial charge is 0.268 e. The van der Waals surface area contributed by atoms with E-state index in [9.17, 15) is 4.79 Å². The molecule has 0 saturated carbocycles. The molecule has 0 saturated heterocycles. The van der Waals surface area contributed by atoms with Gasteiger partial charge >= 0.3 is 0 Å². The molecular formula is C17H21N3O3. The van der Waals surface area contributed by atoms with Crippen molar-refractivity contribution in [1.29, 1.82) is 0 Å². The maximum atomic E-state index is 13.0. The van der Waals surface area contributed by atoms with Crippen LogP contribution in [0.15, 0.2) is 36.7 Å². The largest absolute Gasteiger partial charge is 0.485 e. The second-order valence-corrected chi connectivity index (χ2v) is 6.50. The third kappa shape index (κ3) is 3.31. The van der Waals surface area contributed by atoms with Gasteiger partial charge in [-0.05, 0) is 32.9 Å². The standard InChI is InChI=1S/C17H21N3O3/c1-17(2,3)20(10-15-18-8-9-19-15)16(21)14-11-22-12-6-4-5-7-13(12)23-14/h4-9,14H,10-11H2,1-3H3,(H,18,19)/t14-/m1/s1. The van der Waals surface area contributed by atoms with Crippen LogP contribution in [-0.2, 0) is 11.3 Å². The number of hydrogen-bond donors (Lipinski definition) is 1. The number of nitrogens with zero attached hydrogens (tertiary/aromatic N) is 2. The van der Waals surface area contributed by atoms with E-state index in [2.05, 4.69) is 9.97 Å². The SMILES string of the molecule is CC(C)(C)N(Cc1ncc[nH]1)C(=O)[C@H]1COc2ccccc2O1. The van der Waals surface area contributed by atoms with Gasteiger partial charge in [-0.1, -0.05) is 12.1 Å². The molecule has 122 valence electrons. The number of carbonyl (C=O) groups excluding carboxylic acids is 1. The first kappa shape index (κ1) is 15.4. The molecule has 1 N–H and O–H groups in total. The third-order valence-electron chi connectivity index (χ3n) is 3.72. The summed E-state index contributed by atoms with van der Waals surface area (Å²) in [7, 11) is 0. The van der Waals surface area contributed by atoms with Crippen LogP contribution >= 0.6 is 0 Å². The molecule has 0 unspecified atom stereocenters. The lowest BCUT2D eigenvalue weighted by Crippen LogP contribution is -2.53. The fourth-order valence-corrected chi connectivity index (χ4v) is 2.49. The highest BCUT2D eigenvalue weighted by Gasteiger charge is 2.36. The molecule has 2 heterocycles. The Morgan fingerprint density at radius 2 is 2.09 bits per heavy atom. The number of fused-ring (bicyclic) bond motifs is 1. The quantitative estimate of drug-likeness (QED) is 0.944. The number of rotatable bonds is 3. The molecule has 0 bridgehead atoms. The van der Waals surface area contributed by atoms with Gasteiger partial charge in [0.2, 0.25) is 6.10 Å². The summed E-state index contributed by atoms with van der Waals surface area (Å²) >= 11 is 0. The van der Waals surface area contributed by atoms with Crippen LogP contribution in [-0.4, -0.2) is 39.0 Å². The van der Waals surface area contributed by atoms with Gasteiger partial charge in [0.1, 0.15) is 12.4 Å². The highest BCUT2D eigenvalue weighted by Crippen LogP contribution is 2.32. The van der Waals surface area contributed by atoms with E-state index < -0.39 is 6.10 Å². The van der Waals surface area contributed by atoms with Crippen molar-refractivity contribution in [1.82, 2.24) is 14.9 Å². The Bertz CT molecular complexity index is 677. The summed E-state index contributed by atoms with van der Waals surface area (Å²) in [6.07, 6.45) is 2.77. The van der Waals surface area contributed by atoms with Crippen molar-refractivity contribution in [3.63, 3.8) is 0 Å². The summed E-state index contributed by atoms with van der Waals surface area (Å²) in [5, 5.41) is 0. The molecule has 2 aromatic rings. The summed E-state index contributed by atoms with van der Waals surface area (Å²) in [5.41, 5.74) is -0.357. The molecule has 0 spiro atoms. The average molecular weight is 315 g/mol. The Morgan fingerprint density at radius 1 is 1.35 bits per heavy atom. The van der Waals surface area contributed by atoms with E-state index in [0.717, 1.165) is 5.82 Å². The molecule has 6 nitrogen and oxygen atoms in total. The van der Waals surface area contributed by atoms with E-state index in [4.69, 9.17) is 9.47 Å². The van der Waals surface area contributed by atoms with Crippen LogP contribution in [0, 0.1) is 0 Å². The Labute approximate surface area is 135 Å². The van der Waals surface area contributed by atoms with Crippen molar-refractivity contribution in [3.8, 4) is 11.5 Å². The minimum absolute atomic E-state index is 0.108. The van der Waals surface area contributed by atoms with Gasteiger partial charge in [0.25, 0.3) is 5.91 Å². The molecule has 1 aliphatic rings. The summed E-state index contributed by atoms with van der Waals surface area (Å²) in [6, 6.07) is 7.38. The number of aromatic nitrogens is 2. The van der Waals surface area contributed by atoms with E-state index in [1.54, 1.807) is 17.3 Å². The van der Waals surface area contributed by atoms with Crippen LogP contribution in [0.25, 0.3) is 0 Å². The number of ether oxygens (including phenoxy) is 2. The van der Waals surface area contributed by atoms with Crippen LogP contribution in [0.1, 0.15) is 26.6 Å². The van der Waals surface area contributed by atoms with E-state index in [1.807, 2.05) is 45.0 Å². The zero-order valence-corrected chi connectivity index (χ0v) is 13.6. The topological polar surface area (TPSA) is 67.5 Å². The van der Waals surface area contributed by atoms with Crippen molar-refractivity contribution in [2.45, 2.75) is 39.0 Å². The van der Waals surface area contributed by atoms with Crippen LogP contribution in [0.5, 0.6) is 11.5 Å². The first-order valence-electron chi connectivity index (χ1n) is 7.63. The summed E-state index contributed by atoms with van der Waals surface area (Å²) < 4.78 is 11.5. The normalized spacial score (nSPS) is 16.9. The van der Waals surface area contributed by atoms with Gasteiger partial charge in [0.15, 0.2) is 11.5 Å². The van der Waals surface area contributed by atoms with Crippen molar-refractivity contribution >= 4 is 5.91 Å². The van der Waals surface area contributed by atoms with Crippen molar-refractivity contribution in [2.24, 2.45) is 0 Å². The number of H-pyrrole nitrogens is 1. The average Bonchev–Trinajstić information content (AvgIpc) is 3.03. The molecule has 1 amide bonds. The molecule has 1 aromatic carbocycles. The molecule has 6 heteroatoms. The Hall–Kier alpha value is -2.50. The number of nitrogens with one attached hydrogen (secondary N) is 1. The Kier molecular flexibility index (Phi) is 3.98. The maximum absolute atomic E-state index is 13.0. The van der Waals surface area contributed by atoms with Gasteiger partial charge in [-0.15, -0.1) is 0 Å². The molecule has 0 fully saturated rings. The Morgan fingerprint density at radius 3 is 2.74 bits per heavy atom. The fraction of sp³-hybridized carbons (Fsp3) is 0.412. The monoisotopic (exact) mass is 315 g/mol. The fourth-order valence-electron chi connectivity index (χ4n) is 2.49. The minimum atomic E-state index is -0.654. The summed E-state index contributed by atoms with van der Waals surface area (Å²) in [5.74, 6) is 1.91. The predicted molar refractivity (Wildman–Crippen MR) is 85.2 cm³/mol. The summed E-state index contributed by atoms with van der Waals surface area (Å²) in [6.45, 7) is 6.58. The number of para-hydroxylation sites is 2. The van der Waals surface area contributed by atoms with Gasteiger partial charge in [-0.25, -0.2) is 4.98 Å². The number of carbonyl (C=O) groups is 1. The Balaban J connectivity index is 1.79. The van der Waals surface area contributed by atoms with E-state index in [-0.39, 0.29) is 18.1 Å². The number of benzene rings is 1. The van der Waals surface area contributed by atoms with E-state index >= 15 is 0 Å². The highest BCUT2D eigenvalue weighted by atomic mass is 16.6. The predicted octanol–water partition coefficient (Wildman–Crippen LogP) is 2.38. The van der Waals surface area contributed by atoms with Crippen molar-refractivity contribution in [2.75, 3.05) is 6.61 Å². The highest BCUT2D eigenvalue weighted by molar-refractivity contribution is 5.82. The van der Waals surface area contributed by atoms with Crippen LogP contribution in [0.2, 0.25) is 0 Å². The number of imidazole rings is 1. The van der Waals surface area contributed by atoms with Crippen LogP contribution in [0.4, 0.5) is 0 Å². The molecule has 1 aliphatic heterocycles. The molecule has 3 rings (SSSR count). The van der Waals surface area contributed by atoms with Gasteiger partial charge < -0.3 is 19.4 Å². The minimum Gasteiger partial charge on any atom is -0.485 e. The number of hydrogen-bond acceptors (Lipinski definition) is 4. The van der Waals surface area contributed by atoms with Gasteiger partial charge in [0, 0.05) is 17.9 Å². The van der Waals surface area contributed by atoms with Crippen LogP contribution in [0.3, 0.4) is 0 Å². The second kappa shape index (κ2) is 5.95. The third-order valence-corrected chi connectivity index (χ3v) is 3.72. The lowest BCUT2D eigenvalue weighted by Gasteiger charge is -2.38. The summed E-state index contributed by atoms with van der Waals surface area (Å²) in [4.78, 5) is 22.0. The molecule has 1 atom stereocenters. The molecule has 1 aromatic heterocycles. The zero-order valence-electron chi connectivity index (χ0n) is 13.6. The van der Waals surface area contributed by atoms with Gasteiger partial charge in [-0.2, -0.15) is 0 Å². The number of amides is 1. The lowest BCUT2D eigenvalue weighted by molar-refractivity contribution is -0.147. The second-order valence-electron chi connectivity index (χ2n) is 6.50. The van der Waals surface area contributed by atoms with E-state index in [0.29, 0.717) is 18.0 Å². The molecule has 0 aliphatic carbocycles. The van der Waals surface area contributed by atoms with E-state index in [1.165, 1.54) is 0 Å². The zero-order chi connectivity index (χ0) is 16.4. The van der Waals surface area contributed by atoms with Gasteiger partial charge in [-0.3, -0.25) is 4.79 Å². The molecular weight excluding hydrogens is 294 g/mol. The van der Waals surface area contributed by atoms with Crippen molar-refractivity contribution < 1.29 is 14.3 Å². The lowest BCUT2D eigenvalue weighted by atomic mass is 10.0. The molecule has 23 heavy (non-hydrogen) atoms. The molecule has 0 radical (unpaired) electrons. The van der Waals surface area contributed by atoms with Crippen LogP contribution < -0.4 is 9.47 Å². The first-order chi connectivity index (χ1) is 10.9. The maximum Gasteiger partial charge on any atom is 0.268 e. The first-order valence-corrected chi connectivity index (χ1v) is 7.63. The van der Waals surface area contributed by atoms with Crippen molar-refractivity contribution in [3.05, 3.63) is 42.5 Å².